The molecule has 0 amide bonds. The SMILES string of the molecule is COCCCNC(=S)Nc1cnn(Cc2ccc(Cl)c(Cl)c2)c1. The summed E-state index contributed by atoms with van der Waals surface area (Å²) >= 11 is 17.2. The van der Waals surface area contributed by atoms with E-state index in [1.165, 1.54) is 0 Å². The van der Waals surface area contributed by atoms with Gasteiger partial charge in [-0.05, 0) is 36.3 Å². The summed E-state index contributed by atoms with van der Waals surface area (Å²) in [5, 5.41) is 12.1. The van der Waals surface area contributed by atoms with Crippen LogP contribution in [-0.4, -0.2) is 35.2 Å². The molecule has 0 spiro atoms. The van der Waals surface area contributed by atoms with Crippen LogP contribution in [0.4, 0.5) is 5.69 Å². The molecule has 0 bridgehead atoms. The maximum Gasteiger partial charge on any atom is 0.170 e. The van der Waals surface area contributed by atoms with Gasteiger partial charge in [0, 0.05) is 26.5 Å². The average Bonchev–Trinajstić information content (AvgIpc) is 2.94. The van der Waals surface area contributed by atoms with Crippen molar-refractivity contribution in [1.82, 2.24) is 15.1 Å². The molecule has 2 N–H and O–H groups in total. The number of hydrogen-bond donors (Lipinski definition) is 2. The monoisotopic (exact) mass is 372 g/mol. The minimum atomic E-state index is 0.538. The molecule has 0 aliphatic heterocycles. The zero-order chi connectivity index (χ0) is 16.7. The van der Waals surface area contributed by atoms with Crippen molar-refractivity contribution in [2.24, 2.45) is 0 Å². The predicted octanol–water partition coefficient (Wildman–Crippen LogP) is 3.56. The second-order valence-electron chi connectivity index (χ2n) is 4.90. The molecule has 0 atom stereocenters. The van der Waals surface area contributed by atoms with Gasteiger partial charge in [0.15, 0.2) is 5.11 Å². The molecular formula is C15H18Cl2N4OS. The van der Waals surface area contributed by atoms with E-state index in [4.69, 9.17) is 40.2 Å². The van der Waals surface area contributed by atoms with Gasteiger partial charge >= 0.3 is 0 Å². The lowest BCUT2D eigenvalue weighted by molar-refractivity contribution is 0.196. The van der Waals surface area contributed by atoms with E-state index in [0.717, 1.165) is 24.2 Å². The van der Waals surface area contributed by atoms with Gasteiger partial charge in [-0.2, -0.15) is 5.10 Å². The van der Waals surface area contributed by atoms with E-state index >= 15 is 0 Å². The normalized spacial score (nSPS) is 10.6. The van der Waals surface area contributed by atoms with Gasteiger partial charge in [-0.15, -0.1) is 0 Å². The molecule has 5 nitrogen and oxygen atoms in total. The van der Waals surface area contributed by atoms with Crippen LogP contribution >= 0.6 is 35.4 Å². The Kier molecular flexibility index (Phi) is 7.11. The van der Waals surface area contributed by atoms with Crippen LogP contribution in [0.2, 0.25) is 10.0 Å². The minimum absolute atomic E-state index is 0.538. The van der Waals surface area contributed by atoms with Crippen LogP contribution < -0.4 is 10.6 Å². The Morgan fingerprint density at radius 2 is 2.17 bits per heavy atom. The summed E-state index contributed by atoms with van der Waals surface area (Å²) in [4.78, 5) is 0. The highest BCUT2D eigenvalue weighted by molar-refractivity contribution is 7.80. The summed E-state index contributed by atoms with van der Waals surface area (Å²) in [7, 11) is 1.68. The maximum atomic E-state index is 6.02. The third kappa shape index (κ3) is 5.99. The highest BCUT2D eigenvalue weighted by Gasteiger charge is 2.04. The van der Waals surface area contributed by atoms with Crippen molar-refractivity contribution in [3.05, 3.63) is 46.2 Å². The zero-order valence-corrected chi connectivity index (χ0v) is 15.0. The fourth-order valence-electron chi connectivity index (χ4n) is 1.93. The van der Waals surface area contributed by atoms with E-state index in [-0.39, 0.29) is 0 Å². The molecule has 0 saturated carbocycles. The summed E-state index contributed by atoms with van der Waals surface area (Å²) in [5.74, 6) is 0. The van der Waals surface area contributed by atoms with Crippen molar-refractivity contribution in [3.8, 4) is 0 Å². The number of rotatable bonds is 7. The number of hydrogen-bond acceptors (Lipinski definition) is 3. The molecular weight excluding hydrogens is 355 g/mol. The molecule has 1 heterocycles. The smallest absolute Gasteiger partial charge is 0.170 e. The van der Waals surface area contributed by atoms with Gasteiger partial charge in [-0.3, -0.25) is 4.68 Å². The number of nitrogens with one attached hydrogen (secondary N) is 2. The average molecular weight is 373 g/mol. The maximum absolute atomic E-state index is 6.02. The largest absolute Gasteiger partial charge is 0.385 e. The Balaban J connectivity index is 1.85. The summed E-state index contributed by atoms with van der Waals surface area (Å²) in [6, 6.07) is 5.53. The molecule has 0 aliphatic rings. The van der Waals surface area contributed by atoms with Crippen molar-refractivity contribution in [2.75, 3.05) is 25.6 Å². The van der Waals surface area contributed by atoms with Crippen molar-refractivity contribution >= 4 is 46.2 Å². The number of benzene rings is 1. The number of anilines is 1. The van der Waals surface area contributed by atoms with Gasteiger partial charge in [0.05, 0.1) is 28.5 Å². The lowest BCUT2D eigenvalue weighted by Crippen LogP contribution is -2.29. The number of halogens is 2. The molecule has 23 heavy (non-hydrogen) atoms. The molecule has 0 fully saturated rings. The third-order valence-corrected chi connectivity index (χ3v) is 4.02. The van der Waals surface area contributed by atoms with Crippen LogP contribution in [-0.2, 0) is 11.3 Å². The zero-order valence-electron chi connectivity index (χ0n) is 12.7. The lowest BCUT2D eigenvalue weighted by Gasteiger charge is -2.08. The van der Waals surface area contributed by atoms with Crippen LogP contribution in [0.25, 0.3) is 0 Å². The molecule has 0 unspecified atom stereocenters. The van der Waals surface area contributed by atoms with Gasteiger partial charge in [0.1, 0.15) is 0 Å². The Bertz CT molecular complexity index is 663. The molecule has 0 aliphatic carbocycles. The first-order valence-corrected chi connectivity index (χ1v) is 8.25. The third-order valence-electron chi connectivity index (χ3n) is 3.03. The van der Waals surface area contributed by atoms with E-state index < -0.39 is 0 Å². The molecule has 1 aromatic carbocycles. The Hall–Kier alpha value is -1.34. The lowest BCUT2D eigenvalue weighted by atomic mass is 10.2. The summed E-state index contributed by atoms with van der Waals surface area (Å²) in [6.07, 6.45) is 4.50. The first-order chi connectivity index (χ1) is 11.1. The van der Waals surface area contributed by atoms with Crippen LogP contribution in [0.1, 0.15) is 12.0 Å². The number of nitrogens with zero attached hydrogens (tertiary/aromatic N) is 2. The molecule has 124 valence electrons. The molecule has 2 rings (SSSR count). The molecule has 2 aromatic rings. The van der Waals surface area contributed by atoms with Crippen molar-refractivity contribution in [3.63, 3.8) is 0 Å². The molecule has 8 heteroatoms. The van der Waals surface area contributed by atoms with E-state index in [1.807, 2.05) is 18.3 Å². The second kappa shape index (κ2) is 9.08. The molecule has 0 saturated heterocycles. The van der Waals surface area contributed by atoms with Crippen LogP contribution in [0, 0.1) is 0 Å². The Labute approximate surface area is 150 Å². The summed E-state index contributed by atoms with van der Waals surface area (Å²) in [6.45, 7) is 2.07. The van der Waals surface area contributed by atoms with Gasteiger partial charge in [0.2, 0.25) is 0 Å². The minimum Gasteiger partial charge on any atom is -0.385 e. The quantitative estimate of drug-likeness (QED) is 0.574. The summed E-state index contributed by atoms with van der Waals surface area (Å²) in [5.41, 5.74) is 1.85. The summed E-state index contributed by atoms with van der Waals surface area (Å²) < 4.78 is 6.78. The predicted molar refractivity (Wildman–Crippen MR) is 98.5 cm³/mol. The van der Waals surface area contributed by atoms with Crippen LogP contribution in [0.5, 0.6) is 0 Å². The Morgan fingerprint density at radius 3 is 2.91 bits per heavy atom. The standard InChI is InChI=1S/C15H18Cl2N4OS/c1-22-6-2-5-18-15(23)20-12-8-19-21(10-12)9-11-3-4-13(16)14(17)7-11/h3-4,7-8,10H,2,5-6,9H2,1H3,(H2,18,20,23). The first-order valence-electron chi connectivity index (χ1n) is 7.08. The van der Waals surface area contributed by atoms with Crippen molar-refractivity contribution < 1.29 is 4.74 Å². The Morgan fingerprint density at radius 1 is 1.35 bits per heavy atom. The van der Waals surface area contributed by atoms with Gasteiger partial charge in [-0.25, -0.2) is 0 Å². The number of ether oxygens (including phenoxy) is 1. The fourth-order valence-corrected chi connectivity index (χ4v) is 2.47. The van der Waals surface area contributed by atoms with Gasteiger partial charge in [-0.1, -0.05) is 29.3 Å². The van der Waals surface area contributed by atoms with Crippen LogP contribution in [0.15, 0.2) is 30.6 Å². The van der Waals surface area contributed by atoms with E-state index in [1.54, 1.807) is 24.1 Å². The fraction of sp³-hybridized carbons (Fsp3) is 0.333. The molecule has 1 aromatic heterocycles. The van der Waals surface area contributed by atoms with E-state index in [9.17, 15) is 0 Å². The van der Waals surface area contributed by atoms with Crippen molar-refractivity contribution in [2.45, 2.75) is 13.0 Å². The number of aromatic nitrogens is 2. The van der Waals surface area contributed by atoms with Gasteiger partial charge < -0.3 is 15.4 Å². The van der Waals surface area contributed by atoms with Crippen molar-refractivity contribution in [1.29, 1.82) is 0 Å². The topological polar surface area (TPSA) is 51.1 Å². The number of thiocarbonyl (C=S) groups is 1. The van der Waals surface area contributed by atoms with Crippen LogP contribution in [0.3, 0.4) is 0 Å². The molecule has 0 radical (unpaired) electrons. The highest BCUT2D eigenvalue weighted by Crippen LogP contribution is 2.23. The van der Waals surface area contributed by atoms with E-state index in [2.05, 4.69) is 15.7 Å². The number of methoxy groups -OCH3 is 1. The second-order valence-corrected chi connectivity index (χ2v) is 6.12. The first kappa shape index (κ1) is 18.0. The highest BCUT2D eigenvalue weighted by atomic mass is 35.5. The van der Waals surface area contributed by atoms with E-state index in [0.29, 0.717) is 28.3 Å². The van der Waals surface area contributed by atoms with Gasteiger partial charge in [0.25, 0.3) is 0 Å².